The summed E-state index contributed by atoms with van der Waals surface area (Å²) in [6, 6.07) is 1.94. The molecule has 0 saturated heterocycles. The van der Waals surface area contributed by atoms with Crippen LogP contribution in [0.15, 0.2) is 21.9 Å². The number of aliphatic imine (C=N–C) groups is 1. The summed E-state index contributed by atoms with van der Waals surface area (Å²) in [4.78, 5) is 23.4. The van der Waals surface area contributed by atoms with E-state index in [1.54, 1.807) is 0 Å². The molecule has 2 aliphatic heterocycles. The van der Waals surface area contributed by atoms with E-state index in [1.807, 2.05) is 18.7 Å². The summed E-state index contributed by atoms with van der Waals surface area (Å²) in [6.45, 7) is 6.28. The Kier molecular flexibility index (Phi) is 8.28. The number of benzene rings is 1. The van der Waals surface area contributed by atoms with Gasteiger partial charge in [-0.1, -0.05) is 0 Å². The fraction of sp³-hybridized carbons (Fsp3) is 0.607. The van der Waals surface area contributed by atoms with Gasteiger partial charge in [-0.2, -0.15) is 0 Å². The number of aromatic nitrogens is 1. The fourth-order valence-electron chi connectivity index (χ4n) is 5.42. The van der Waals surface area contributed by atoms with E-state index in [4.69, 9.17) is 9.15 Å². The highest BCUT2D eigenvalue weighted by atomic mass is 19.1. The van der Waals surface area contributed by atoms with Crippen LogP contribution < -0.4 is 15.4 Å². The van der Waals surface area contributed by atoms with E-state index in [2.05, 4.69) is 20.6 Å². The van der Waals surface area contributed by atoms with Gasteiger partial charge in [0.2, 0.25) is 5.91 Å². The standard InChI is InChI=1S/C28H38FN5O4/c1-17-22-7-9-34(14-23(22)24(29)11-25(17)37-15-26-18(2)32-16-38-26)13-21(35)12-31-28(36)19-6-8-30-27(10-19)33-20-4-3-5-20/h11,16,19-21,35H,3-10,12-15H2,1-2H3,(H,30,33)(H,31,36)/t19?,21-/m0/s1. The molecule has 0 spiro atoms. The molecule has 9 nitrogen and oxygen atoms in total. The number of oxazole rings is 1. The first kappa shape index (κ1) is 26.6. The molecule has 3 N–H and O–H groups in total. The monoisotopic (exact) mass is 527 g/mol. The summed E-state index contributed by atoms with van der Waals surface area (Å²) in [5, 5.41) is 17.0. The van der Waals surface area contributed by atoms with Crippen LogP contribution in [0.5, 0.6) is 5.75 Å². The maximum atomic E-state index is 15.1. The predicted octanol–water partition coefficient (Wildman–Crippen LogP) is 2.80. The number of hydrogen-bond donors (Lipinski definition) is 3. The lowest BCUT2D eigenvalue weighted by Gasteiger charge is -2.32. The SMILES string of the molecule is Cc1ncoc1COc1cc(F)c2c(c1C)CCN(C[C@@H](O)CNC(=O)C1CCN=C(NC3CCC3)C1)C2. The molecule has 1 saturated carbocycles. The van der Waals surface area contributed by atoms with Gasteiger partial charge in [0, 0.05) is 62.7 Å². The summed E-state index contributed by atoms with van der Waals surface area (Å²) in [5.74, 6) is 1.60. The van der Waals surface area contributed by atoms with Crippen molar-refractivity contribution in [2.24, 2.45) is 10.9 Å². The van der Waals surface area contributed by atoms with Crippen LogP contribution in [0.25, 0.3) is 0 Å². The Labute approximate surface area is 222 Å². The molecule has 2 atom stereocenters. The van der Waals surface area contributed by atoms with E-state index < -0.39 is 6.10 Å². The van der Waals surface area contributed by atoms with Gasteiger partial charge in [-0.25, -0.2) is 9.37 Å². The second-order valence-electron chi connectivity index (χ2n) is 10.8. The molecule has 1 unspecified atom stereocenters. The van der Waals surface area contributed by atoms with Gasteiger partial charge in [0.05, 0.1) is 17.6 Å². The molecule has 0 bridgehead atoms. The minimum Gasteiger partial charge on any atom is -0.485 e. The molecule has 38 heavy (non-hydrogen) atoms. The highest BCUT2D eigenvalue weighted by Gasteiger charge is 2.28. The van der Waals surface area contributed by atoms with E-state index in [0.717, 1.165) is 29.1 Å². The number of aryl methyl sites for hydroxylation is 1. The summed E-state index contributed by atoms with van der Waals surface area (Å²) in [5.41, 5.74) is 3.28. The summed E-state index contributed by atoms with van der Waals surface area (Å²) >= 11 is 0. The van der Waals surface area contributed by atoms with Crippen LogP contribution in [-0.4, -0.2) is 65.1 Å². The second-order valence-corrected chi connectivity index (χ2v) is 10.8. The normalized spacial score (nSPS) is 20.7. The summed E-state index contributed by atoms with van der Waals surface area (Å²) in [7, 11) is 0. The maximum absolute atomic E-state index is 15.1. The van der Waals surface area contributed by atoms with Gasteiger partial charge in [-0.05, 0) is 57.1 Å². The number of ether oxygens (including phenoxy) is 1. The first-order valence-corrected chi connectivity index (χ1v) is 13.7. The third-order valence-electron chi connectivity index (χ3n) is 8.04. The number of amides is 1. The number of β-amino-alcohol motifs (C(OH)–C–C–N with tert-alkyl or cyclic N) is 1. The van der Waals surface area contributed by atoms with Gasteiger partial charge < -0.3 is 24.9 Å². The molecule has 1 aliphatic carbocycles. The maximum Gasteiger partial charge on any atom is 0.223 e. The van der Waals surface area contributed by atoms with E-state index >= 15 is 4.39 Å². The van der Waals surface area contributed by atoms with Crippen LogP contribution in [0, 0.1) is 25.6 Å². The van der Waals surface area contributed by atoms with E-state index in [9.17, 15) is 9.90 Å². The van der Waals surface area contributed by atoms with Crippen molar-refractivity contribution in [3.8, 4) is 5.75 Å². The fourth-order valence-corrected chi connectivity index (χ4v) is 5.42. The molecule has 2 aromatic rings. The van der Waals surface area contributed by atoms with Crippen LogP contribution in [0.2, 0.25) is 0 Å². The molecule has 3 heterocycles. The molecular weight excluding hydrogens is 489 g/mol. The lowest BCUT2D eigenvalue weighted by molar-refractivity contribution is -0.125. The third-order valence-corrected chi connectivity index (χ3v) is 8.04. The van der Waals surface area contributed by atoms with Gasteiger partial charge in [-0.3, -0.25) is 14.7 Å². The number of aliphatic hydroxyl groups excluding tert-OH is 1. The van der Waals surface area contributed by atoms with Crippen LogP contribution in [0.3, 0.4) is 0 Å². The van der Waals surface area contributed by atoms with Crippen LogP contribution in [0.4, 0.5) is 4.39 Å². The molecule has 0 radical (unpaired) electrons. The Morgan fingerprint density at radius 1 is 1.32 bits per heavy atom. The average molecular weight is 528 g/mol. The van der Waals surface area contributed by atoms with Crippen molar-refractivity contribution in [3.05, 3.63) is 46.4 Å². The van der Waals surface area contributed by atoms with Gasteiger partial charge >= 0.3 is 0 Å². The molecular formula is C28H38FN5O4. The quantitative estimate of drug-likeness (QED) is 0.460. The molecule has 206 valence electrons. The number of aliphatic hydroxyl groups is 1. The Balaban J connectivity index is 1.10. The van der Waals surface area contributed by atoms with Gasteiger partial charge in [0.15, 0.2) is 12.2 Å². The zero-order valence-electron chi connectivity index (χ0n) is 22.3. The van der Waals surface area contributed by atoms with E-state index in [0.29, 0.717) is 62.1 Å². The molecule has 3 aliphatic rings. The molecule has 1 aromatic heterocycles. The molecule has 5 rings (SSSR count). The Hall–Kier alpha value is -2.98. The van der Waals surface area contributed by atoms with Crippen molar-refractivity contribution in [1.29, 1.82) is 0 Å². The number of fused-ring (bicyclic) bond motifs is 1. The van der Waals surface area contributed by atoms with Crippen LogP contribution in [0.1, 0.15) is 60.2 Å². The lowest BCUT2D eigenvalue weighted by atomic mass is 9.91. The number of carbonyl (C=O) groups is 1. The van der Waals surface area contributed by atoms with Crippen LogP contribution >= 0.6 is 0 Å². The van der Waals surface area contributed by atoms with Crippen molar-refractivity contribution in [2.75, 3.05) is 26.2 Å². The zero-order valence-corrected chi connectivity index (χ0v) is 22.3. The lowest BCUT2D eigenvalue weighted by Crippen LogP contribution is -2.46. The first-order chi connectivity index (χ1) is 18.4. The number of rotatable bonds is 9. The van der Waals surface area contributed by atoms with Gasteiger partial charge in [0.25, 0.3) is 0 Å². The van der Waals surface area contributed by atoms with Crippen molar-refractivity contribution in [1.82, 2.24) is 20.5 Å². The Morgan fingerprint density at radius 3 is 2.89 bits per heavy atom. The topological polar surface area (TPSA) is 112 Å². The van der Waals surface area contributed by atoms with E-state index in [-0.39, 0.29) is 30.8 Å². The summed E-state index contributed by atoms with van der Waals surface area (Å²) < 4.78 is 26.3. The Morgan fingerprint density at radius 2 is 2.16 bits per heavy atom. The minimum atomic E-state index is -0.734. The van der Waals surface area contributed by atoms with Crippen molar-refractivity contribution >= 4 is 11.7 Å². The van der Waals surface area contributed by atoms with Crippen LogP contribution in [-0.2, 0) is 24.4 Å². The number of hydrogen-bond acceptors (Lipinski definition) is 8. The van der Waals surface area contributed by atoms with Crippen molar-refractivity contribution in [2.45, 2.75) is 77.7 Å². The average Bonchev–Trinajstić information content (AvgIpc) is 3.30. The van der Waals surface area contributed by atoms with Crippen molar-refractivity contribution in [3.63, 3.8) is 0 Å². The van der Waals surface area contributed by atoms with Gasteiger partial charge in [-0.15, -0.1) is 0 Å². The number of amidine groups is 1. The molecule has 10 heteroatoms. The highest BCUT2D eigenvalue weighted by Crippen LogP contribution is 2.32. The zero-order chi connectivity index (χ0) is 26.6. The van der Waals surface area contributed by atoms with Gasteiger partial charge in [0.1, 0.15) is 18.2 Å². The second kappa shape index (κ2) is 11.8. The molecule has 1 aromatic carbocycles. The molecule has 1 fully saturated rings. The highest BCUT2D eigenvalue weighted by molar-refractivity contribution is 5.89. The minimum absolute atomic E-state index is 0.0365. The number of nitrogens with one attached hydrogen (secondary N) is 2. The smallest absolute Gasteiger partial charge is 0.223 e. The first-order valence-electron chi connectivity index (χ1n) is 13.7. The summed E-state index contributed by atoms with van der Waals surface area (Å²) in [6.07, 6.45) is 6.25. The number of nitrogens with zero attached hydrogens (tertiary/aromatic N) is 3. The third kappa shape index (κ3) is 6.18. The molecule has 1 amide bonds. The largest absolute Gasteiger partial charge is 0.485 e. The number of halogens is 1. The van der Waals surface area contributed by atoms with E-state index in [1.165, 1.54) is 31.7 Å². The Bertz CT molecular complexity index is 1180. The van der Waals surface area contributed by atoms with Crippen molar-refractivity contribution < 1.29 is 23.4 Å². The number of carbonyl (C=O) groups excluding carboxylic acids is 1. The predicted molar refractivity (Wildman–Crippen MR) is 141 cm³/mol.